The Kier molecular flexibility index (Phi) is 7.70. The van der Waals surface area contributed by atoms with Crippen LogP contribution in [0.5, 0.6) is 0 Å². The second-order valence-electron chi connectivity index (χ2n) is 9.00. The molecule has 2 aliphatic rings. The SMILES string of the molecule is CCC[SiH]=[Hf]([CH]1C=Cc2c(CC)ccc(CC)c21)[CH]1C=Cc2c(CC)ccc(CC)c21. The summed E-state index contributed by atoms with van der Waals surface area (Å²) in [4.78, 5) is 0. The number of benzene rings is 2. The van der Waals surface area contributed by atoms with E-state index in [9.17, 15) is 0 Å². The number of allylic oxidation sites excluding steroid dienone is 2. The van der Waals surface area contributed by atoms with E-state index in [1.165, 1.54) is 25.3 Å². The minimum absolute atomic E-state index is 0.615. The van der Waals surface area contributed by atoms with Gasteiger partial charge in [-0.2, -0.15) is 0 Å². The van der Waals surface area contributed by atoms with Crippen molar-refractivity contribution in [3.63, 3.8) is 0 Å². The first-order chi connectivity index (χ1) is 15.2. The Bertz CT molecular complexity index is 977. The van der Waals surface area contributed by atoms with Crippen LogP contribution in [-0.2, 0) is 45.7 Å². The Morgan fingerprint density at radius 3 is 1.45 bits per heavy atom. The number of fused-ring (bicyclic) bond motifs is 2. The van der Waals surface area contributed by atoms with Crippen molar-refractivity contribution in [3.8, 4) is 0 Å². The van der Waals surface area contributed by atoms with Gasteiger partial charge in [0.25, 0.3) is 0 Å². The second kappa shape index (κ2) is 10.3. The van der Waals surface area contributed by atoms with E-state index in [1.54, 1.807) is 44.5 Å². The summed E-state index contributed by atoms with van der Waals surface area (Å²) in [6.07, 6.45) is 17.0. The van der Waals surface area contributed by atoms with Crippen molar-refractivity contribution in [2.75, 3.05) is 0 Å². The molecule has 2 aromatic carbocycles. The molecule has 2 aromatic rings. The topological polar surface area (TPSA) is 0 Å². The van der Waals surface area contributed by atoms with Gasteiger partial charge in [0.1, 0.15) is 0 Å². The number of hydrogen-bond acceptors (Lipinski definition) is 0. The van der Waals surface area contributed by atoms with Crippen LogP contribution in [0.15, 0.2) is 36.4 Å². The number of aryl methyl sites for hydroxylation is 4. The average molecular weight is 593 g/mol. The van der Waals surface area contributed by atoms with E-state index >= 15 is 0 Å². The van der Waals surface area contributed by atoms with Crippen LogP contribution in [0.1, 0.15) is 92.9 Å². The standard InChI is InChI=1S/2C13H15.C3H8Si.Hf/c2*1-3-10-8-9-11(4-2)13-7-5-6-12(10)13;1-2-3-4;/h2*5-9H,3-4H2,1-2H3;4H,2-3H2,1H3;. The molecule has 0 N–H and O–H groups in total. The Hall–Kier alpha value is -0.993. The van der Waals surface area contributed by atoms with Crippen molar-refractivity contribution < 1.29 is 20.1 Å². The number of hydrogen-bond donors (Lipinski definition) is 0. The summed E-state index contributed by atoms with van der Waals surface area (Å²) in [5.74, 6) is 0. The molecule has 0 aromatic heterocycles. The second-order valence-corrected chi connectivity index (χ2v) is 27.9. The van der Waals surface area contributed by atoms with Gasteiger partial charge in [-0.1, -0.05) is 0 Å². The normalized spacial score (nSPS) is 18.4. The van der Waals surface area contributed by atoms with Crippen LogP contribution in [0.25, 0.3) is 12.2 Å². The maximum absolute atomic E-state index is 2.68. The molecule has 0 aliphatic heterocycles. The van der Waals surface area contributed by atoms with E-state index in [0.29, 0.717) is 6.22 Å². The van der Waals surface area contributed by atoms with Gasteiger partial charge in [-0.3, -0.25) is 0 Å². The third kappa shape index (κ3) is 4.20. The molecule has 2 unspecified atom stereocenters. The molecule has 2 atom stereocenters. The van der Waals surface area contributed by atoms with Gasteiger partial charge in [0.15, 0.2) is 0 Å². The van der Waals surface area contributed by atoms with E-state index in [0.717, 1.165) is 20.2 Å². The van der Waals surface area contributed by atoms with Crippen molar-refractivity contribution in [2.45, 2.75) is 80.1 Å². The van der Waals surface area contributed by atoms with Crippen molar-refractivity contribution in [1.82, 2.24) is 0 Å². The molecule has 0 nitrogen and oxygen atoms in total. The third-order valence-electron chi connectivity index (χ3n) is 7.38. The maximum atomic E-state index is 2.68. The van der Waals surface area contributed by atoms with Crippen molar-refractivity contribution in [2.24, 2.45) is 0 Å². The molecule has 0 amide bonds. The molecular formula is C29H38HfSi. The summed E-state index contributed by atoms with van der Waals surface area (Å²) in [5.41, 5.74) is 13.1. The molecule has 31 heavy (non-hydrogen) atoms. The Morgan fingerprint density at radius 1 is 0.645 bits per heavy atom. The van der Waals surface area contributed by atoms with Crippen LogP contribution in [0, 0.1) is 0 Å². The Balaban J connectivity index is 1.87. The van der Waals surface area contributed by atoms with Gasteiger partial charge in [0, 0.05) is 0 Å². The van der Waals surface area contributed by atoms with Crippen LogP contribution in [0.4, 0.5) is 0 Å². The van der Waals surface area contributed by atoms with E-state index in [4.69, 9.17) is 0 Å². The molecule has 0 spiro atoms. The molecule has 0 fully saturated rings. The van der Waals surface area contributed by atoms with E-state index in [-0.39, 0.29) is 0 Å². The first-order valence-corrected chi connectivity index (χ1v) is 24.3. The van der Waals surface area contributed by atoms with Gasteiger partial charge < -0.3 is 0 Å². The quantitative estimate of drug-likeness (QED) is 0.277. The van der Waals surface area contributed by atoms with Crippen molar-refractivity contribution in [3.05, 3.63) is 80.9 Å². The summed E-state index contributed by atoms with van der Waals surface area (Å²) in [6, 6.07) is 11.2. The van der Waals surface area contributed by atoms with Crippen LogP contribution >= 0.6 is 0 Å². The van der Waals surface area contributed by atoms with Crippen LogP contribution in [0.3, 0.4) is 0 Å². The van der Waals surface area contributed by atoms with Gasteiger partial charge >= 0.3 is 199 Å². The fourth-order valence-corrected chi connectivity index (χ4v) is 32.1. The van der Waals surface area contributed by atoms with Gasteiger partial charge in [0.05, 0.1) is 0 Å². The van der Waals surface area contributed by atoms with E-state index < -0.39 is 20.1 Å². The van der Waals surface area contributed by atoms with Crippen molar-refractivity contribution >= 4 is 18.4 Å². The summed E-state index contributed by atoms with van der Waals surface area (Å²) >= 11 is -2.03. The predicted octanol–water partition coefficient (Wildman–Crippen LogP) is 7.57. The Labute approximate surface area is 198 Å². The summed E-state index contributed by atoms with van der Waals surface area (Å²) in [6.45, 7) is 11.7. The molecule has 2 heteroatoms. The molecule has 0 heterocycles. The molecule has 0 saturated carbocycles. The molecule has 0 radical (unpaired) electrons. The molecule has 0 saturated heterocycles. The van der Waals surface area contributed by atoms with Crippen LogP contribution in [0.2, 0.25) is 6.04 Å². The predicted molar refractivity (Wildman–Crippen MR) is 136 cm³/mol. The summed E-state index contributed by atoms with van der Waals surface area (Å²) < 4.78 is 1.58. The van der Waals surface area contributed by atoms with Crippen LogP contribution in [-0.4, -0.2) is 6.22 Å². The summed E-state index contributed by atoms with van der Waals surface area (Å²) in [5, 5.41) is 0. The Morgan fingerprint density at radius 2 is 1.06 bits per heavy atom. The average Bonchev–Trinajstić information content (AvgIpc) is 3.44. The minimum atomic E-state index is -2.03. The fraction of sp³-hybridized carbons (Fsp3) is 0.448. The van der Waals surface area contributed by atoms with Gasteiger partial charge in [-0.05, 0) is 0 Å². The molecule has 0 bridgehead atoms. The van der Waals surface area contributed by atoms with E-state index in [1.807, 2.05) is 0 Å². The monoisotopic (exact) mass is 594 g/mol. The van der Waals surface area contributed by atoms with Gasteiger partial charge in [-0.25, -0.2) is 0 Å². The van der Waals surface area contributed by atoms with E-state index in [2.05, 4.69) is 83.2 Å². The molecule has 4 rings (SSSR count). The van der Waals surface area contributed by atoms with Crippen molar-refractivity contribution in [1.29, 1.82) is 0 Å². The summed E-state index contributed by atoms with van der Waals surface area (Å²) in [7, 11) is 0. The zero-order chi connectivity index (χ0) is 22.0. The van der Waals surface area contributed by atoms with Gasteiger partial charge in [-0.15, -0.1) is 0 Å². The molecular weight excluding hydrogens is 555 g/mol. The van der Waals surface area contributed by atoms with Gasteiger partial charge in [0.2, 0.25) is 0 Å². The first-order valence-electron chi connectivity index (χ1n) is 12.5. The zero-order valence-corrected chi connectivity index (χ0v) is 24.8. The number of rotatable bonds is 8. The third-order valence-corrected chi connectivity index (χ3v) is 31.4. The molecule has 162 valence electrons. The molecule has 2 aliphatic carbocycles. The van der Waals surface area contributed by atoms with Crippen LogP contribution < -0.4 is 0 Å². The first kappa shape index (κ1) is 23.2. The fourth-order valence-electron chi connectivity index (χ4n) is 5.71. The zero-order valence-electron chi connectivity index (χ0n) is 20.1.